The number of aryl methyl sites for hydroxylation is 1. The molecule has 26 heavy (non-hydrogen) atoms. The third kappa shape index (κ3) is 3.13. The summed E-state index contributed by atoms with van der Waals surface area (Å²) in [6.45, 7) is 5.85. The number of benzene rings is 1. The van der Waals surface area contributed by atoms with Gasteiger partial charge in [0.15, 0.2) is 0 Å². The molecule has 0 amide bonds. The predicted octanol–water partition coefficient (Wildman–Crippen LogP) is 2.25. The monoisotopic (exact) mass is 368 g/mol. The molecule has 0 bridgehead atoms. The number of hydrogen-bond donors (Lipinski definition) is 1. The third-order valence-electron chi connectivity index (χ3n) is 4.08. The maximum atomic E-state index is 11.9. The number of rotatable bonds is 3. The zero-order valence-electron chi connectivity index (χ0n) is 14.1. The second-order valence-corrected chi connectivity index (χ2v) is 6.67. The number of fused-ring (bicyclic) bond motifs is 1. The first-order valence-corrected chi connectivity index (χ1v) is 9.09. The van der Waals surface area contributed by atoms with Gasteiger partial charge in [-0.3, -0.25) is 0 Å². The van der Waals surface area contributed by atoms with Crippen LogP contribution in [0.4, 0.5) is 0 Å². The maximum Gasteiger partial charge on any atom is 0.336 e. The molecule has 1 N–H and O–H groups in total. The lowest BCUT2D eigenvalue weighted by atomic mass is 10.1. The van der Waals surface area contributed by atoms with Crippen LogP contribution in [-0.2, 0) is 16.9 Å². The summed E-state index contributed by atoms with van der Waals surface area (Å²) < 4.78 is 16.2. The standard InChI is InChI=1S/C19H16N2O4S/c1-3-12-4-5-15-13(9-17(22)24-16(15)8-12)10-26-19-21-20-18(25-19)14-6-7-23-11(14)2/h4-9,20H,2-3,10H2,1H3. The molecule has 7 heteroatoms. The Morgan fingerprint density at radius 2 is 2.15 bits per heavy atom. The SMILES string of the molecule is C=c1occc1=C1NN=C(SCc2cc(=O)oc3cc(CC)ccc23)O1. The molecule has 0 saturated carbocycles. The normalized spacial score (nSPS) is 15.7. The first kappa shape index (κ1) is 16.5. The molecule has 1 aromatic carbocycles. The lowest BCUT2D eigenvalue weighted by molar-refractivity contribution is 0.504. The number of hydrogen-bond acceptors (Lipinski definition) is 7. The van der Waals surface area contributed by atoms with Crippen LogP contribution in [-0.4, -0.2) is 5.23 Å². The summed E-state index contributed by atoms with van der Waals surface area (Å²) in [4.78, 5) is 11.9. The van der Waals surface area contributed by atoms with Gasteiger partial charge in [0.05, 0.1) is 11.5 Å². The zero-order valence-corrected chi connectivity index (χ0v) is 14.9. The topological polar surface area (TPSA) is 77.0 Å². The Kier molecular flexibility index (Phi) is 4.30. The molecule has 0 atom stereocenters. The molecule has 1 aliphatic rings. The molecule has 0 saturated heterocycles. The number of ether oxygens (including phenoxy) is 1. The Morgan fingerprint density at radius 3 is 2.92 bits per heavy atom. The summed E-state index contributed by atoms with van der Waals surface area (Å²) in [5.41, 5.74) is 5.59. The number of thioether (sulfide) groups is 1. The molecular weight excluding hydrogens is 352 g/mol. The molecule has 3 heterocycles. The Morgan fingerprint density at radius 1 is 1.27 bits per heavy atom. The van der Waals surface area contributed by atoms with E-state index in [0.29, 0.717) is 27.9 Å². The van der Waals surface area contributed by atoms with Gasteiger partial charge >= 0.3 is 5.63 Å². The molecule has 0 fully saturated rings. The molecule has 0 unspecified atom stereocenters. The lowest BCUT2D eigenvalue weighted by Crippen LogP contribution is -2.25. The van der Waals surface area contributed by atoms with E-state index in [-0.39, 0.29) is 5.63 Å². The van der Waals surface area contributed by atoms with Gasteiger partial charge in [0.25, 0.3) is 5.23 Å². The molecule has 1 aliphatic heterocycles. The van der Waals surface area contributed by atoms with E-state index >= 15 is 0 Å². The minimum absolute atomic E-state index is 0.360. The van der Waals surface area contributed by atoms with Crippen molar-refractivity contribution in [2.45, 2.75) is 19.1 Å². The second kappa shape index (κ2) is 6.76. The van der Waals surface area contributed by atoms with Gasteiger partial charge in [0.1, 0.15) is 11.0 Å². The summed E-state index contributed by atoms with van der Waals surface area (Å²) >= 11 is 1.39. The van der Waals surface area contributed by atoms with Crippen LogP contribution >= 0.6 is 11.8 Å². The molecule has 0 aliphatic carbocycles. The van der Waals surface area contributed by atoms with Crippen LogP contribution in [0.2, 0.25) is 0 Å². The highest BCUT2D eigenvalue weighted by molar-refractivity contribution is 8.12. The van der Waals surface area contributed by atoms with Gasteiger partial charge in [-0.1, -0.05) is 37.4 Å². The van der Waals surface area contributed by atoms with Crippen molar-refractivity contribution in [1.82, 2.24) is 5.43 Å². The molecule has 0 spiro atoms. The van der Waals surface area contributed by atoms with Gasteiger partial charge in [-0.05, 0) is 29.7 Å². The molecule has 2 aromatic heterocycles. The van der Waals surface area contributed by atoms with E-state index in [1.807, 2.05) is 18.2 Å². The van der Waals surface area contributed by atoms with E-state index in [1.165, 1.54) is 17.8 Å². The quantitative estimate of drug-likeness (QED) is 0.715. The highest BCUT2D eigenvalue weighted by Crippen LogP contribution is 2.25. The zero-order chi connectivity index (χ0) is 18.1. The van der Waals surface area contributed by atoms with Gasteiger partial charge in [-0.25, -0.2) is 10.2 Å². The van der Waals surface area contributed by atoms with Gasteiger partial charge < -0.3 is 13.6 Å². The first-order valence-electron chi connectivity index (χ1n) is 8.11. The summed E-state index contributed by atoms with van der Waals surface area (Å²) in [5, 5.41) is 6.26. The molecule has 132 valence electrons. The number of nitrogens with zero attached hydrogens (tertiary/aromatic N) is 1. The molecule has 6 nitrogen and oxygen atoms in total. The summed E-state index contributed by atoms with van der Waals surface area (Å²) in [6, 6.07) is 9.22. The Bertz CT molecular complexity index is 1180. The highest BCUT2D eigenvalue weighted by atomic mass is 32.2. The largest absolute Gasteiger partial charge is 0.465 e. The summed E-state index contributed by atoms with van der Waals surface area (Å²) in [7, 11) is 0. The smallest absolute Gasteiger partial charge is 0.336 e. The van der Waals surface area contributed by atoms with E-state index in [2.05, 4.69) is 24.0 Å². The fraction of sp³-hybridized carbons (Fsp3) is 0.158. The molecule has 3 aromatic rings. The van der Waals surface area contributed by atoms with Crippen LogP contribution in [0.3, 0.4) is 0 Å². The molecule has 4 rings (SSSR count). The first-order chi connectivity index (χ1) is 12.6. The number of hydrazone groups is 1. The van der Waals surface area contributed by atoms with Crippen LogP contribution in [0.5, 0.6) is 0 Å². The van der Waals surface area contributed by atoms with Crippen molar-refractivity contribution in [3.05, 3.63) is 68.8 Å². The Balaban J connectivity index is 1.57. The fourth-order valence-corrected chi connectivity index (χ4v) is 3.47. The van der Waals surface area contributed by atoms with E-state index in [9.17, 15) is 4.79 Å². The van der Waals surface area contributed by atoms with Gasteiger partial charge in [-0.2, -0.15) is 0 Å². The Labute approximate surface area is 152 Å². The van der Waals surface area contributed by atoms with Crippen LogP contribution in [0.25, 0.3) is 23.4 Å². The van der Waals surface area contributed by atoms with Crippen LogP contribution in [0.15, 0.2) is 55.3 Å². The number of furan rings is 1. The highest BCUT2D eigenvalue weighted by Gasteiger charge is 2.16. The van der Waals surface area contributed by atoms with Crippen LogP contribution < -0.4 is 21.7 Å². The van der Waals surface area contributed by atoms with Gasteiger partial charge in [-0.15, -0.1) is 5.10 Å². The lowest BCUT2D eigenvalue weighted by Gasteiger charge is -2.06. The van der Waals surface area contributed by atoms with E-state index in [0.717, 1.165) is 28.2 Å². The maximum absolute atomic E-state index is 11.9. The van der Waals surface area contributed by atoms with Crippen molar-refractivity contribution in [3.63, 3.8) is 0 Å². The van der Waals surface area contributed by atoms with Crippen molar-refractivity contribution in [2.24, 2.45) is 5.10 Å². The average Bonchev–Trinajstić information content (AvgIpc) is 3.27. The van der Waals surface area contributed by atoms with Gasteiger partial charge in [0, 0.05) is 17.2 Å². The van der Waals surface area contributed by atoms with Crippen molar-refractivity contribution >= 4 is 40.4 Å². The summed E-state index contributed by atoms with van der Waals surface area (Å²) in [5.74, 6) is 1.01. The Hall–Kier alpha value is -2.93. The van der Waals surface area contributed by atoms with Crippen molar-refractivity contribution in [3.8, 4) is 0 Å². The molecule has 0 radical (unpaired) electrons. The van der Waals surface area contributed by atoms with E-state index < -0.39 is 0 Å². The third-order valence-corrected chi connectivity index (χ3v) is 4.96. The van der Waals surface area contributed by atoms with Crippen molar-refractivity contribution in [1.29, 1.82) is 0 Å². The van der Waals surface area contributed by atoms with Crippen molar-refractivity contribution < 1.29 is 13.6 Å². The molecular formula is C19H16N2O4S. The average molecular weight is 368 g/mol. The number of nitrogens with one attached hydrogen (secondary N) is 1. The minimum Gasteiger partial charge on any atom is -0.465 e. The van der Waals surface area contributed by atoms with Crippen molar-refractivity contribution in [2.75, 3.05) is 0 Å². The fourth-order valence-electron chi connectivity index (χ4n) is 2.70. The van der Waals surface area contributed by atoms with Gasteiger partial charge in [0.2, 0.25) is 5.88 Å². The van der Waals surface area contributed by atoms with Crippen LogP contribution in [0, 0.1) is 0 Å². The predicted molar refractivity (Wildman–Crippen MR) is 102 cm³/mol. The summed E-state index contributed by atoms with van der Waals surface area (Å²) in [6.07, 6.45) is 2.43. The minimum atomic E-state index is -0.360. The van der Waals surface area contributed by atoms with E-state index in [4.69, 9.17) is 13.6 Å². The van der Waals surface area contributed by atoms with Crippen LogP contribution in [0.1, 0.15) is 18.1 Å². The second-order valence-electron chi connectivity index (χ2n) is 5.74. The van der Waals surface area contributed by atoms with E-state index in [1.54, 1.807) is 12.3 Å².